The molecule has 2 aromatic rings. The van der Waals surface area contributed by atoms with Gasteiger partial charge >= 0.3 is 0 Å². The number of amides is 1. The third kappa shape index (κ3) is 3.04. The number of nitrogens with one attached hydrogen (secondary N) is 1. The fourth-order valence-electron chi connectivity index (χ4n) is 1.30. The van der Waals surface area contributed by atoms with Gasteiger partial charge in [-0.05, 0) is 24.9 Å². The minimum Gasteiger partial charge on any atom is -0.341 e. The Labute approximate surface area is 117 Å². The van der Waals surface area contributed by atoms with Crippen molar-refractivity contribution in [1.29, 1.82) is 0 Å². The molecule has 2 heterocycles. The summed E-state index contributed by atoms with van der Waals surface area (Å²) < 4.78 is 0.260. The van der Waals surface area contributed by atoms with E-state index < -0.39 is 0 Å². The molecule has 1 N–H and O–H groups in total. The van der Waals surface area contributed by atoms with Crippen molar-refractivity contribution in [3.63, 3.8) is 0 Å². The Bertz CT molecular complexity index is 554. The van der Waals surface area contributed by atoms with Crippen molar-refractivity contribution in [2.45, 2.75) is 26.3 Å². The van der Waals surface area contributed by atoms with Crippen molar-refractivity contribution in [2.24, 2.45) is 0 Å². The lowest BCUT2D eigenvalue weighted by Gasteiger charge is -2.08. The molecule has 0 spiro atoms. The minimum atomic E-state index is -0.278. The Morgan fingerprint density at radius 1 is 1.50 bits per heavy atom. The average Bonchev–Trinajstić information content (AvgIpc) is 2.97. The molecule has 1 unspecified atom stereocenters. The van der Waals surface area contributed by atoms with Crippen molar-refractivity contribution in [1.82, 2.24) is 20.5 Å². The molecule has 0 aromatic carbocycles. The van der Waals surface area contributed by atoms with Crippen LogP contribution in [0.15, 0.2) is 6.20 Å². The van der Waals surface area contributed by atoms with E-state index in [-0.39, 0.29) is 21.4 Å². The van der Waals surface area contributed by atoms with E-state index >= 15 is 0 Å². The molecule has 1 amide bonds. The fourth-order valence-corrected chi connectivity index (χ4v) is 2.89. The van der Waals surface area contributed by atoms with Gasteiger partial charge in [0.2, 0.25) is 9.47 Å². The summed E-state index contributed by atoms with van der Waals surface area (Å²) >= 11 is 8.29. The maximum absolute atomic E-state index is 11.8. The lowest BCUT2D eigenvalue weighted by molar-refractivity contribution is 0.0938. The van der Waals surface area contributed by atoms with Crippen molar-refractivity contribution in [3.05, 3.63) is 25.6 Å². The van der Waals surface area contributed by atoms with Crippen LogP contribution in [-0.4, -0.2) is 21.1 Å². The van der Waals surface area contributed by atoms with Gasteiger partial charge in [-0.25, -0.2) is 4.98 Å². The van der Waals surface area contributed by atoms with Gasteiger partial charge in [0.05, 0.1) is 6.04 Å². The molecule has 0 aliphatic rings. The summed E-state index contributed by atoms with van der Waals surface area (Å²) in [6.45, 7) is 3.96. The zero-order valence-corrected chi connectivity index (χ0v) is 12.2. The molecule has 0 aliphatic heterocycles. The molecule has 8 heteroatoms. The molecule has 2 rings (SSSR count). The Balaban J connectivity index is 2.02. The van der Waals surface area contributed by atoms with Crippen LogP contribution in [0, 0.1) is 0 Å². The van der Waals surface area contributed by atoms with Gasteiger partial charge in [0.1, 0.15) is 5.01 Å². The van der Waals surface area contributed by atoms with Gasteiger partial charge in [0.15, 0.2) is 0 Å². The molecule has 0 radical (unpaired) electrons. The second kappa shape index (κ2) is 5.73. The molecular formula is C10H11ClN4OS2. The predicted molar refractivity (Wildman–Crippen MR) is 72.3 cm³/mol. The van der Waals surface area contributed by atoms with Crippen LogP contribution >= 0.6 is 34.3 Å². The number of hydrogen-bond acceptors (Lipinski definition) is 6. The highest BCUT2D eigenvalue weighted by Gasteiger charge is 2.17. The van der Waals surface area contributed by atoms with E-state index in [0.29, 0.717) is 0 Å². The van der Waals surface area contributed by atoms with E-state index in [1.54, 1.807) is 11.3 Å². The number of carbonyl (C=O) groups is 1. The molecule has 5 nitrogen and oxygen atoms in total. The van der Waals surface area contributed by atoms with E-state index in [0.717, 1.165) is 22.8 Å². The maximum Gasteiger partial charge on any atom is 0.282 e. The standard InChI is InChI=1S/C10H11ClN4OS2/c1-3-6-4-12-8(17-6)5(2)13-7(16)9-14-15-10(11)18-9/h4-5H,3H2,1-2H3,(H,13,16). The summed E-state index contributed by atoms with van der Waals surface area (Å²) in [6, 6.07) is -0.148. The van der Waals surface area contributed by atoms with Gasteiger partial charge in [-0.15, -0.1) is 21.5 Å². The fraction of sp³-hybridized carbons (Fsp3) is 0.400. The van der Waals surface area contributed by atoms with E-state index in [2.05, 4.69) is 27.4 Å². The van der Waals surface area contributed by atoms with E-state index in [1.807, 2.05) is 13.1 Å². The summed E-state index contributed by atoms with van der Waals surface area (Å²) in [5.74, 6) is -0.278. The van der Waals surface area contributed by atoms with Crippen LogP contribution in [0.3, 0.4) is 0 Å². The van der Waals surface area contributed by atoms with Gasteiger partial charge < -0.3 is 5.32 Å². The van der Waals surface area contributed by atoms with Crippen LogP contribution in [0.4, 0.5) is 0 Å². The number of rotatable bonds is 4. The number of aryl methyl sites for hydroxylation is 1. The van der Waals surface area contributed by atoms with Crippen molar-refractivity contribution < 1.29 is 4.79 Å². The van der Waals surface area contributed by atoms with Crippen molar-refractivity contribution in [2.75, 3.05) is 0 Å². The first-order valence-electron chi connectivity index (χ1n) is 5.34. The number of hydrogen-bond donors (Lipinski definition) is 1. The van der Waals surface area contributed by atoms with E-state index in [4.69, 9.17) is 11.6 Å². The normalized spacial score (nSPS) is 12.4. The topological polar surface area (TPSA) is 67.8 Å². The van der Waals surface area contributed by atoms with Crippen molar-refractivity contribution >= 4 is 40.2 Å². The first kappa shape index (κ1) is 13.4. The van der Waals surface area contributed by atoms with Gasteiger partial charge in [0.25, 0.3) is 5.91 Å². The third-order valence-electron chi connectivity index (χ3n) is 2.23. The van der Waals surface area contributed by atoms with Gasteiger partial charge in [-0.2, -0.15) is 0 Å². The van der Waals surface area contributed by atoms with Crippen molar-refractivity contribution in [3.8, 4) is 0 Å². The Kier molecular flexibility index (Phi) is 4.26. The highest BCUT2D eigenvalue weighted by molar-refractivity contribution is 7.17. The summed E-state index contributed by atoms with van der Waals surface area (Å²) in [7, 11) is 0. The van der Waals surface area contributed by atoms with Crippen LogP contribution in [0.25, 0.3) is 0 Å². The number of nitrogens with zero attached hydrogens (tertiary/aromatic N) is 3. The monoisotopic (exact) mass is 302 g/mol. The van der Waals surface area contributed by atoms with Crippen LogP contribution in [-0.2, 0) is 6.42 Å². The molecule has 0 saturated carbocycles. The minimum absolute atomic E-state index is 0.148. The molecule has 1 atom stereocenters. The first-order chi connectivity index (χ1) is 8.60. The lowest BCUT2D eigenvalue weighted by atomic mass is 10.3. The van der Waals surface area contributed by atoms with Gasteiger partial charge in [-0.3, -0.25) is 4.79 Å². The molecule has 0 saturated heterocycles. The molecule has 96 valence electrons. The van der Waals surface area contributed by atoms with Gasteiger partial charge in [0, 0.05) is 11.1 Å². The highest BCUT2D eigenvalue weighted by Crippen LogP contribution is 2.21. The number of halogens is 1. The molecule has 0 fully saturated rings. The molecule has 18 heavy (non-hydrogen) atoms. The van der Waals surface area contributed by atoms with Crippen LogP contribution < -0.4 is 5.32 Å². The Hall–Kier alpha value is -1.05. The van der Waals surface area contributed by atoms with E-state index in [9.17, 15) is 4.79 Å². The Morgan fingerprint density at radius 3 is 2.83 bits per heavy atom. The zero-order chi connectivity index (χ0) is 13.1. The predicted octanol–water partition coefficient (Wildman–Crippen LogP) is 2.70. The number of thiazole rings is 1. The summed E-state index contributed by atoms with van der Waals surface area (Å²) in [5, 5.41) is 11.3. The molecule has 2 aromatic heterocycles. The largest absolute Gasteiger partial charge is 0.341 e. The highest BCUT2D eigenvalue weighted by atomic mass is 35.5. The molecule has 0 aliphatic carbocycles. The second-order valence-electron chi connectivity index (χ2n) is 3.57. The van der Waals surface area contributed by atoms with Crippen LogP contribution in [0.1, 0.15) is 39.6 Å². The summed E-state index contributed by atoms with van der Waals surface area (Å²) in [5.41, 5.74) is 0. The van der Waals surface area contributed by atoms with Crippen LogP contribution in [0.2, 0.25) is 4.47 Å². The summed E-state index contributed by atoms with van der Waals surface area (Å²) in [4.78, 5) is 17.3. The van der Waals surface area contributed by atoms with Crippen LogP contribution in [0.5, 0.6) is 0 Å². The maximum atomic E-state index is 11.8. The van der Waals surface area contributed by atoms with E-state index in [1.165, 1.54) is 4.88 Å². The average molecular weight is 303 g/mol. The first-order valence-corrected chi connectivity index (χ1v) is 7.35. The number of carbonyl (C=O) groups excluding carboxylic acids is 1. The summed E-state index contributed by atoms with van der Waals surface area (Å²) in [6.07, 6.45) is 2.79. The zero-order valence-electron chi connectivity index (χ0n) is 9.81. The lowest BCUT2D eigenvalue weighted by Crippen LogP contribution is -2.26. The molecule has 0 bridgehead atoms. The Morgan fingerprint density at radius 2 is 2.28 bits per heavy atom. The molecular weight excluding hydrogens is 292 g/mol. The number of aromatic nitrogens is 3. The smallest absolute Gasteiger partial charge is 0.282 e. The second-order valence-corrected chi connectivity index (χ2v) is 6.28. The quantitative estimate of drug-likeness (QED) is 0.943. The van der Waals surface area contributed by atoms with Gasteiger partial charge in [-0.1, -0.05) is 18.3 Å². The SMILES string of the molecule is CCc1cnc(C(C)NC(=O)c2nnc(Cl)s2)s1. The third-order valence-corrected chi connectivity index (χ3v) is 4.57.